The predicted molar refractivity (Wildman–Crippen MR) is 79.5 cm³/mol. The first kappa shape index (κ1) is 16.4. The van der Waals surface area contributed by atoms with Crippen LogP contribution in [0.25, 0.3) is 0 Å². The molecule has 1 unspecified atom stereocenters. The number of unbranched alkanes of at least 4 members (excludes halogenated alkanes) is 3. The van der Waals surface area contributed by atoms with Crippen LogP contribution in [-0.2, 0) is 19.8 Å². The molecule has 3 nitrogen and oxygen atoms in total. The van der Waals surface area contributed by atoms with Gasteiger partial charge in [0.2, 0.25) is 0 Å². The van der Waals surface area contributed by atoms with Gasteiger partial charge in [0.1, 0.15) is 0 Å². The van der Waals surface area contributed by atoms with E-state index in [1.54, 1.807) is 0 Å². The predicted octanol–water partition coefficient (Wildman–Crippen LogP) is 5.01. The molecule has 0 fully saturated rings. The van der Waals surface area contributed by atoms with Crippen molar-refractivity contribution in [3.63, 3.8) is 0 Å². The summed E-state index contributed by atoms with van der Waals surface area (Å²) in [4.78, 5) is 0. The van der Waals surface area contributed by atoms with Crippen LogP contribution in [0.4, 0.5) is 0 Å². The van der Waals surface area contributed by atoms with Crippen molar-refractivity contribution < 1.29 is 13.6 Å². The zero-order valence-electron chi connectivity index (χ0n) is 12.0. The molecule has 0 N–H and O–H groups in total. The van der Waals surface area contributed by atoms with E-state index < -0.39 is 7.60 Å². The smallest absolute Gasteiger partial charge is 0.309 e. The first-order valence-corrected chi connectivity index (χ1v) is 8.85. The van der Waals surface area contributed by atoms with Crippen LogP contribution < -0.4 is 0 Å². The summed E-state index contributed by atoms with van der Waals surface area (Å²) < 4.78 is 23.5. The van der Waals surface area contributed by atoms with Gasteiger partial charge in [-0.05, 0) is 18.9 Å². The molecule has 0 aliphatic rings. The van der Waals surface area contributed by atoms with E-state index in [1.807, 2.05) is 37.3 Å². The maximum atomic E-state index is 12.6. The molecule has 0 spiro atoms. The van der Waals surface area contributed by atoms with E-state index in [-0.39, 0.29) is 0 Å². The maximum absolute atomic E-state index is 12.6. The minimum absolute atomic E-state index is 0.357. The zero-order chi connectivity index (χ0) is 14.0. The van der Waals surface area contributed by atoms with E-state index in [9.17, 15) is 4.57 Å². The average Bonchev–Trinajstić information content (AvgIpc) is 2.40. The summed E-state index contributed by atoms with van der Waals surface area (Å²) in [5.74, 6) is 0. The van der Waals surface area contributed by atoms with Crippen molar-refractivity contribution in [3.8, 4) is 0 Å². The Morgan fingerprint density at radius 1 is 1.00 bits per heavy atom. The van der Waals surface area contributed by atoms with Gasteiger partial charge in [-0.25, -0.2) is 0 Å². The second-order valence-electron chi connectivity index (χ2n) is 4.57. The lowest BCUT2D eigenvalue weighted by molar-refractivity contribution is 0.207. The molecule has 1 rings (SSSR count). The molecule has 0 saturated carbocycles. The lowest BCUT2D eigenvalue weighted by Crippen LogP contribution is -2.01. The van der Waals surface area contributed by atoms with Gasteiger partial charge in [0.05, 0.1) is 19.4 Å². The Morgan fingerprint density at radius 3 is 2.37 bits per heavy atom. The summed E-state index contributed by atoms with van der Waals surface area (Å²) in [6, 6.07) is 9.72. The number of hydrogen-bond acceptors (Lipinski definition) is 3. The molecule has 0 aromatic heterocycles. The molecule has 4 heteroatoms. The molecule has 1 aromatic rings. The zero-order valence-corrected chi connectivity index (χ0v) is 12.9. The van der Waals surface area contributed by atoms with Gasteiger partial charge in [0.15, 0.2) is 0 Å². The molecule has 0 radical (unpaired) electrons. The molecule has 1 aromatic carbocycles. The quantitative estimate of drug-likeness (QED) is 0.447. The normalized spacial score (nSPS) is 14.2. The topological polar surface area (TPSA) is 35.5 Å². The fourth-order valence-corrected chi connectivity index (χ4v) is 3.58. The fraction of sp³-hybridized carbons (Fsp3) is 0.600. The number of benzene rings is 1. The lowest BCUT2D eigenvalue weighted by Gasteiger charge is -2.18. The van der Waals surface area contributed by atoms with Gasteiger partial charge in [-0.1, -0.05) is 56.5 Å². The summed E-state index contributed by atoms with van der Waals surface area (Å²) in [7, 11) is -2.99. The first-order chi connectivity index (χ1) is 9.20. The van der Waals surface area contributed by atoms with Gasteiger partial charge in [-0.2, -0.15) is 0 Å². The third kappa shape index (κ3) is 6.91. The largest absolute Gasteiger partial charge is 0.335 e. The third-order valence-electron chi connectivity index (χ3n) is 2.83. The molecule has 1 atom stereocenters. The van der Waals surface area contributed by atoms with Crippen molar-refractivity contribution in [3.05, 3.63) is 35.9 Å². The van der Waals surface area contributed by atoms with Crippen LogP contribution in [0.3, 0.4) is 0 Å². The Morgan fingerprint density at radius 2 is 1.74 bits per heavy atom. The highest BCUT2D eigenvalue weighted by molar-refractivity contribution is 7.53. The van der Waals surface area contributed by atoms with Crippen LogP contribution in [0.2, 0.25) is 0 Å². The van der Waals surface area contributed by atoms with E-state index in [1.165, 1.54) is 12.8 Å². The summed E-state index contributed by atoms with van der Waals surface area (Å²) in [5.41, 5.74) is 0.993. The average molecular weight is 284 g/mol. The van der Waals surface area contributed by atoms with E-state index in [0.717, 1.165) is 18.4 Å². The SMILES string of the molecule is CCCCCCOP(=O)(Cc1ccccc1)OCC. The highest BCUT2D eigenvalue weighted by atomic mass is 31.2. The van der Waals surface area contributed by atoms with Crippen molar-refractivity contribution in [1.29, 1.82) is 0 Å². The number of rotatable bonds is 10. The summed E-state index contributed by atoms with van der Waals surface area (Å²) in [5, 5.41) is 0. The second kappa shape index (κ2) is 9.30. The third-order valence-corrected chi connectivity index (χ3v) is 4.81. The summed E-state index contributed by atoms with van der Waals surface area (Å²) >= 11 is 0. The Labute approximate surface area is 116 Å². The van der Waals surface area contributed by atoms with Crippen LogP contribution >= 0.6 is 7.60 Å². The Kier molecular flexibility index (Phi) is 8.04. The van der Waals surface area contributed by atoms with E-state index in [0.29, 0.717) is 19.4 Å². The molecule has 0 bridgehead atoms. The van der Waals surface area contributed by atoms with Gasteiger partial charge in [-0.15, -0.1) is 0 Å². The second-order valence-corrected chi connectivity index (χ2v) is 6.62. The lowest BCUT2D eigenvalue weighted by atomic mass is 10.2. The summed E-state index contributed by atoms with van der Waals surface area (Å²) in [6.45, 7) is 4.95. The van der Waals surface area contributed by atoms with Crippen LogP contribution in [0, 0.1) is 0 Å². The van der Waals surface area contributed by atoms with Crippen LogP contribution in [0.15, 0.2) is 30.3 Å². The van der Waals surface area contributed by atoms with Crippen molar-refractivity contribution in [2.24, 2.45) is 0 Å². The van der Waals surface area contributed by atoms with Gasteiger partial charge < -0.3 is 9.05 Å². The molecular weight excluding hydrogens is 259 g/mol. The van der Waals surface area contributed by atoms with Crippen LogP contribution in [0.5, 0.6) is 0 Å². The molecule has 0 aliphatic heterocycles. The molecule has 108 valence electrons. The van der Waals surface area contributed by atoms with E-state index in [2.05, 4.69) is 6.92 Å². The molecule has 0 heterocycles. The van der Waals surface area contributed by atoms with Crippen LogP contribution in [0.1, 0.15) is 45.1 Å². The highest BCUT2D eigenvalue weighted by Crippen LogP contribution is 2.51. The summed E-state index contributed by atoms with van der Waals surface area (Å²) in [6.07, 6.45) is 4.80. The first-order valence-electron chi connectivity index (χ1n) is 7.12. The van der Waals surface area contributed by atoms with Crippen molar-refractivity contribution in [2.75, 3.05) is 13.2 Å². The Bertz CT molecular complexity index is 378. The standard InChI is InChI=1S/C15H25O3P/c1-3-5-6-10-13-18-19(16,17-4-2)14-15-11-8-7-9-12-15/h7-9,11-12H,3-6,10,13-14H2,1-2H3. The molecule has 19 heavy (non-hydrogen) atoms. The Balaban J connectivity index is 2.47. The van der Waals surface area contributed by atoms with E-state index in [4.69, 9.17) is 9.05 Å². The Hall–Kier alpha value is -0.630. The van der Waals surface area contributed by atoms with Gasteiger partial charge in [-0.3, -0.25) is 4.57 Å². The maximum Gasteiger partial charge on any atom is 0.335 e. The molecule has 0 aliphatic carbocycles. The monoisotopic (exact) mass is 284 g/mol. The minimum atomic E-state index is -2.99. The molecule has 0 amide bonds. The van der Waals surface area contributed by atoms with Gasteiger partial charge >= 0.3 is 7.60 Å². The van der Waals surface area contributed by atoms with Crippen molar-refractivity contribution in [1.82, 2.24) is 0 Å². The van der Waals surface area contributed by atoms with Crippen molar-refractivity contribution >= 4 is 7.60 Å². The van der Waals surface area contributed by atoms with Gasteiger partial charge in [0.25, 0.3) is 0 Å². The minimum Gasteiger partial charge on any atom is -0.309 e. The van der Waals surface area contributed by atoms with E-state index >= 15 is 0 Å². The van der Waals surface area contributed by atoms with Crippen LogP contribution in [-0.4, -0.2) is 13.2 Å². The van der Waals surface area contributed by atoms with Crippen molar-refractivity contribution in [2.45, 2.75) is 45.7 Å². The molecule has 0 saturated heterocycles. The molecular formula is C15H25O3P. The van der Waals surface area contributed by atoms with Gasteiger partial charge in [0, 0.05) is 0 Å². The fourth-order valence-electron chi connectivity index (χ4n) is 1.86. The number of hydrogen-bond donors (Lipinski definition) is 0. The highest BCUT2D eigenvalue weighted by Gasteiger charge is 2.24.